The Labute approximate surface area is 94.8 Å². The van der Waals surface area contributed by atoms with Gasteiger partial charge in [-0.15, -0.1) is 0 Å². The normalized spacial score (nSPS) is 17.9. The lowest BCUT2D eigenvalue weighted by molar-refractivity contribution is -0.136. The molecule has 1 saturated heterocycles. The molecular formula is C10H19NO3S. The molecule has 1 unspecified atom stereocenters. The molecule has 4 nitrogen and oxygen atoms in total. The van der Waals surface area contributed by atoms with Gasteiger partial charge in [0.2, 0.25) is 5.91 Å². The summed E-state index contributed by atoms with van der Waals surface area (Å²) in [5, 5.41) is 11.4. The van der Waals surface area contributed by atoms with Crippen LogP contribution in [-0.4, -0.2) is 34.0 Å². The molecule has 15 heavy (non-hydrogen) atoms. The summed E-state index contributed by atoms with van der Waals surface area (Å²) in [4.78, 5) is 20.0. The van der Waals surface area contributed by atoms with Gasteiger partial charge in [-0.25, -0.2) is 0 Å². The average molecular weight is 233 g/mol. The summed E-state index contributed by atoms with van der Waals surface area (Å²) in [5.74, 6) is 0.230. The minimum Gasteiger partial charge on any atom is -0.481 e. The third-order valence-corrected chi connectivity index (χ3v) is 2.83. The SMILES string of the molecule is CC(C)SCCC(=O)O.CCC1NC1=O. The molecular weight excluding hydrogens is 214 g/mol. The van der Waals surface area contributed by atoms with E-state index in [0.717, 1.165) is 12.2 Å². The zero-order valence-corrected chi connectivity index (χ0v) is 10.3. The maximum absolute atomic E-state index is 10.0. The van der Waals surface area contributed by atoms with E-state index in [1.54, 1.807) is 11.8 Å². The van der Waals surface area contributed by atoms with Gasteiger partial charge in [0.15, 0.2) is 0 Å². The summed E-state index contributed by atoms with van der Waals surface area (Å²) >= 11 is 1.68. The molecule has 1 rings (SSSR count). The van der Waals surface area contributed by atoms with Gasteiger partial charge in [0.05, 0.1) is 6.42 Å². The van der Waals surface area contributed by atoms with E-state index in [1.165, 1.54) is 0 Å². The van der Waals surface area contributed by atoms with Crippen LogP contribution in [0.3, 0.4) is 0 Å². The Hall–Kier alpha value is -0.710. The minimum atomic E-state index is -0.705. The number of carbonyl (C=O) groups excluding carboxylic acids is 1. The van der Waals surface area contributed by atoms with Crippen molar-refractivity contribution in [1.29, 1.82) is 0 Å². The molecule has 0 aromatic carbocycles. The molecule has 1 aliphatic rings. The van der Waals surface area contributed by atoms with Gasteiger partial charge in [0, 0.05) is 5.75 Å². The Balaban J connectivity index is 0.000000280. The molecule has 1 aliphatic heterocycles. The Morgan fingerprint density at radius 1 is 1.60 bits per heavy atom. The molecule has 0 saturated carbocycles. The topological polar surface area (TPSA) is 76.3 Å². The van der Waals surface area contributed by atoms with E-state index in [-0.39, 0.29) is 18.4 Å². The first kappa shape index (κ1) is 14.3. The number of hydrogen-bond acceptors (Lipinski definition) is 3. The van der Waals surface area contributed by atoms with Gasteiger partial charge in [0.25, 0.3) is 0 Å². The molecule has 1 heterocycles. The number of rotatable bonds is 5. The molecule has 0 aromatic heterocycles. The van der Waals surface area contributed by atoms with Gasteiger partial charge in [-0.1, -0.05) is 20.8 Å². The minimum absolute atomic E-state index is 0.206. The Morgan fingerprint density at radius 2 is 2.13 bits per heavy atom. The van der Waals surface area contributed by atoms with Crippen molar-refractivity contribution in [3.8, 4) is 0 Å². The number of amides is 1. The van der Waals surface area contributed by atoms with Gasteiger partial charge in [-0.2, -0.15) is 11.8 Å². The van der Waals surface area contributed by atoms with Crippen molar-refractivity contribution in [1.82, 2.24) is 5.32 Å². The second-order valence-corrected chi connectivity index (χ2v) is 5.22. The van der Waals surface area contributed by atoms with Crippen LogP contribution in [0.5, 0.6) is 0 Å². The van der Waals surface area contributed by atoms with Gasteiger partial charge in [-0.3, -0.25) is 9.59 Å². The van der Waals surface area contributed by atoms with Gasteiger partial charge in [0.1, 0.15) is 6.04 Å². The number of carboxylic acid groups (broad SMARTS) is 1. The van der Waals surface area contributed by atoms with Crippen LogP contribution in [0.1, 0.15) is 33.6 Å². The highest BCUT2D eigenvalue weighted by atomic mass is 32.2. The number of hydrogen-bond donors (Lipinski definition) is 2. The highest BCUT2D eigenvalue weighted by Gasteiger charge is 2.30. The van der Waals surface area contributed by atoms with Gasteiger partial charge in [-0.05, 0) is 11.7 Å². The Kier molecular flexibility index (Phi) is 7.21. The second kappa shape index (κ2) is 7.56. The highest BCUT2D eigenvalue weighted by Crippen LogP contribution is 2.09. The van der Waals surface area contributed by atoms with Crippen LogP contribution >= 0.6 is 11.8 Å². The predicted octanol–water partition coefficient (Wildman–Crippen LogP) is 1.50. The molecule has 1 atom stereocenters. The molecule has 88 valence electrons. The fraction of sp³-hybridized carbons (Fsp3) is 0.800. The van der Waals surface area contributed by atoms with Crippen LogP contribution in [0, 0.1) is 0 Å². The summed E-state index contributed by atoms with van der Waals surface area (Å²) in [6, 6.07) is 0.213. The number of nitrogens with one attached hydrogen (secondary N) is 1. The maximum atomic E-state index is 10.0. The van der Waals surface area contributed by atoms with E-state index < -0.39 is 5.97 Å². The smallest absolute Gasteiger partial charge is 0.304 e. The van der Waals surface area contributed by atoms with Crippen LogP contribution in [0.15, 0.2) is 0 Å². The molecule has 0 bridgehead atoms. The zero-order chi connectivity index (χ0) is 11.8. The van der Waals surface area contributed by atoms with Crippen molar-refractivity contribution in [2.75, 3.05) is 5.75 Å². The Bertz CT molecular complexity index is 219. The van der Waals surface area contributed by atoms with E-state index in [1.807, 2.05) is 6.92 Å². The van der Waals surface area contributed by atoms with E-state index in [4.69, 9.17) is 5.11 Å². The first-order valence-corrected chi connectivity index (χ1v) is 6.16. The molecule has 5 heteroatoms. The van der Waals surface area contributed by atoms with Crippen LogP contribution in [0.2, 0.25) is 0 Å². The molecule has 0 radical (unpaired) electrons. The van der Waals surface area contributed by atoms with Crippen molar-refractivity contribution in [3.63, 3.8) is 0 Å². The standard InChI is InChI=1S/C6H12O2S.C4H7NO/c1-5(2)9-4-3-6(7)8;1-2-3-4(6)5-3/h5H,3-4H2,1-2H3,(H,7,8);3H,2H2,1H3,(H,5,6). The van der Waals surface area contributed by atoms with Crippen LogP contribution in [0.4, 0.5) is 0 Å². The lowest BCUT2D eigenvalue weighted by Gasteiger charge is -2.00. The monoisotopic (exact) mass is 233 g/mol. The van der Waals surface area contributed by atoms with Crippen molar-refractivity contribution >= 4 is 23.6 Å². The highest BCUT2D eigenvalue weighted by molar-refractivity contribution is 7.99. The number of carbonyl (C=O) groups is 2. The quantitative estimate of drug-likeness (QED) is 0.705. The third kappa shape index (κ3) is 9.59. The van der Waals surface area contributed by atoms with E-state index >= 15 is 0 Å². The molecule has 0 spiro atoms. The maximum Gasteiger partial charge on any atom is 0.304 e. The summed E-state index contributed by atoms with van der Waals surface area (Å²) in [7, 11) is 0. The first-order valence-electron chi connectivity index (χ1n) is 5.11. The predicted molar refractivity (Wildman–Crippen MR) is 62.1 cm³/mol. The van der Waals surface area contributed by atoms with E-state index in [2.05, 4.69) is 19.2 Å². The van der Waals surface area contributed by atoms with Crippen LogP contribution in [0.25, 0.3) is 0 Å². The number of aliphatic carboxylic acids is 1. The van der Waals surface area contributed by atoms with Crippen LogP contribution in [-0.2, 0) is 9.59 Å². The van der Waals surface area contributed by atoms with Gasteiger partial charge >= 0.3 is 5.97 Å². The molecule has 1 amide bonds. The van der Waals surface area contributed by atoms with Crippen molar-refractivity contribution in [3.05, 3.63) is 0 Å². The van der Waals surface area contributed by atoms with Crippen molar-refractivity contribution in [2.24, 2.45) is 0 Å². The average Bonchev–Trinajstić information content (AvgIpc) is 2.81. The molecule has 0 aromatic rings. The largest absolute Gasteiger partial charge is 0.481 e. The third-order valence-electron chi connectivity index (χ3n) is 1.73. The first-order chi connectivity index (χ1) is 6.97. The molecule has 1 fully saturated rings. The number of thioether (sulfide) groups is 1. The van der Waals surface area contributed by atoms with Gasteiger partial charge < -0.3 is 10.4 Å². The summed E-state index contributed by atoms with van der Waals surface area (Å²) in [5.41, 5.74) is 0. The summed E-state index contributed by atoms with van der Waals surface area (Å²) in [6.07, 6.45) is 1.22. The van der Waals surface area contributed by atoms with E-state index in [9.17, 15) is 9.59 Å². The molecule has 0 aliphatic carbocycles. The lowest BCUT2D eigenvalue weighted by Crippen LogP contribution is -1.98. The lowest BCUT2D eigenvalue weighted by atomic mass is 10.4. The Morgan fingerprint density at radius 3 is 2.33 bits per heavy atom. The van der Waals surface area contributed by atoms with Crippen molar-refractivity contribution in [2.45, 2.75) is 44.9 Å². The summed E-state index contributed by atoms with van der Waals surface area (Å²) < 4.78 is 0. The fourth-order valence-corrected chi connectivity index (χ4v) is 1.56. The zero-order valence-electron chi connectivity index (χ0n) is 9.45. The number of carboxylic acids is 1. The fourth-order valence-electron chi connectivity index (χ4n) is 0.799. The van der Waals surface area contributed by atoms with Crippen LogP contribution < -0.4 is 5.32 Å². The van der Waals surface area contributed by atoms with Crippen molar-refractivity contribution < 1.29 is 14.7 Å². The summed E-state index contributed by atoms with van der Waals surface area (Å²) in [6.45, 7) is 6.11. The second-order valence-electron chi connectivity index (χ2n) is 3.53. The molecule has 2 N–H and O–H groups in total. The van der Waals surface area contributed by atoms with E-state index in [0.29, 0.717) is 5.25 Å².